The summed E-state index contributed by atoms with van der Waals surface area (Å²) in [4.78, 5) is 39.3. The Hall–Kier alpha value is -2.79. The third-order valence-corrected chi connectivity index (χ3v) is 8.24. The second-order valence-electron chi connectivity index (χ2n) is 11.7. The van der Waals surface area contributed by atoms with Crippen LogP contribution in [0.25, 0.3) is 0 Å². The molecule has 216 valence electrons. The van der Waals surface area contributed by atoms with Crippen molar-refractivity contribution in [3.05, 3.63) is 64.5 Å². The highest BCUT2D eigenvalue weighted by molar-refractivity contribution is 6.42. The molecule has 2 aliphatic heterocycles. The normalized spacial score (nSPS) is 24.9. The first-order chi connectivity index (χ1) is 20.3. The number of ether oxygens (including phenoxy) is 1. The van der Waals surface area contributed by atoms with E-state index in [1.807, 2.05) is 13.8 Å². The van der Waals surface area contributed by atoms with Gasteiger partial charge in [-0.1, -0.05) is 24.3 Å². The molecule has 0 saturated carbocycles. The summed E-state index contributed by atoms with van der Waals surface area (Å²) in [5, 5.41) is 12.8. The lowest BCUT2D eigenvalue weighted by Gasteiger charge is -2.49. The van der Waals surface area contributed by atoms with Gasteiger partial charge in [-0.2, -0.15) is 0 Å². The van der Waals surface area contributed by atoms with E-state index in [1.165, 1.54) is 37.4 Å². The highest BCUT2D eigenvalue weighted by Crippen LogP contribution is 2.39. The van der Waals surface area contributed by atoms with Gasteiger partial charge in [0.25, 0.3) is 0 Å². The highest BCUT2D eigenvalue weighted by Gasteiger charge is 2.48. The molecule has 2 heterocycles. The van der Waals surface area contributed by atoms with Gasteiger partial charge in [-0.15, -0.1) is 0 Å². The molecule has 0 bridgehead atoms. The van der Waals surface area contributed by atoms with Crippen LogP contribution in [0.1, 0.15) is 53.7 Å². The first kappa shape index (κ1) is 34.1. The van der Waals surface area contributed by atoms with E-state index in [1.54, 1.807) is 4.90 Å². The van der Waals surface area contributed by atoms with Gasteiger partial charge in [0.1, 0.15) is 21.5 Å². The predicted octanol–water partition coefficient (Wildman–Crippen LogP) is -0.742. The van der Waals surface area contributed by atoms with Gasteiger partial charge in [-0.3, -0.25) is 24.6 Å². The van der Waals surface area contributed by atoms with Crippen LogP contribution in [0.5, 0.6) is 0 Å². The van der Waals surface area contributed by atoms with E-state index in [2.05, 4.69) is 10.6 Å². The average Bonchev–Trinajstić information content (AvgIpc) is 2.93. The number of likely N-dealkylation sites (N-methyl/N-ethyl adjacent to an activating group) is 1. The Morgan fingerprint density at radius 2 is 1.77 bits per heavy atom. The molecule has 2 aromatic carbocycles. The van der Waals surface area contributed by atoms with Crippen LogP contribution in [-0.4, -0.2) is 118 Å². The molecule has 4 atom stereocenters. The molecule has 44 heavy (non-hydrogen) atoms. The van der Waals surface area contributed by atoms with E-state index in [9.17, 15) is 19.5 Å². The van der Waals surface area contributed by atoms with Crippen molar-refractivity contribution in [3.8, 4) is 0 Å². The molecule has 0 aromatic heterocycles. The second-order valence-corrected chi connectivity index (χ2v) is 11.7. The van der Waals surface area contributed by atoms with E-state index in [4.69, 9.17) is 51.8 Å². The summed E-state index contributed by atoms with van der Waals surface area (Å²) in [5.74, 6) is -2.25. The van der Waals surface area contributed by atoms with Gasteiger partial charge in [0.2, 0.25) is 11.8 Å². The molecule has 9 nitrogen and oxygen atoms in total. The molecule has 2 aliphatic rings. The summed E-state index contributed by atoms with van der Waals surface area (Å²) < 4.78 is 21.1. The van der Waals surface area contributed by atoms with E-state index in [0.717, 1.165) is 11.0 Å². The van der Waals surface area contributed by atoms with E-state index < -0.39 is 39.4 Å². The number of aldehydes is 1. The largest absolute Gasteiger partial charge is 0.392 e. The zero-order valence-corrected chi connectivity index (χ0v) is 24.8. The minimum atomic E-state index is -2.61. The quantitative estimate of drug-likeness (QED) is 0.153. The Morgan fingerprint density at radius 3 is 2.36 bits per heavy atom. The smallest absolute Gasteiger partial charge is 0.237 e. The summed E-state index contributed by atoms with van der Waals surface area (Å²) in [7, 11) is 40.0. The van der Waals surface area contributed by atoms with E-state index in [-0.39, 0.29) is 47.4 Å². The zero-order valence-electron chi connectivity index (χ0n) is 24.8. The minimum absolute atomic E-state index is 0.0836. The topological polar surface area (TPSA) is 111 Å². The summed E-state index contributed by atoms with van der Waals surface area (Å²) >= 11 is 0. The maximum atomic E-state index is 15.4. The monoisotopic (exact) mass is 586 g/mol. The third-order valence-electron chi connectivity index (χ3n) is 8.24. The van der Waals surface area contributed by atoms with Crippen LogP contribution in [0.15, 0.2) is 36.4 Å². The highest BCUT2D eigenvalue weighted by atomic mass is 19.1. The number of benzene rings is 2. The molecule has 16 heteroatoms. The first-order valence-corrected chi connectivity index (χ1v) is 14.0. The van der Waals surface area contributed by atoms with Crippen molar-refractivity contribution in [1.82, 2.24) is 15.1 Å². The SMILES string of the molecule is [B]C([B])(Nc1cccc(C=O)c1C([B])(O)N(C)C1([B])CCC(=O)NC1=O)c1cc(C([B])([B])N2CC(C)OC(C)C2)ccc1F. The Morgan fingerprint density at radius 1 is 1.14 bits per heavy atom. The zero-order chi connectivity index (χ0) is 32.8. The molecular formula is C28H29B6FN4O5. The van der Waals surface area contributed by atoms with Crippen LogP contribution in [0.2, 0.25) is 0 Å². The van der Waals surface area contributed by atoms with Crippen molar-refractivity contribution < 1.29 is 28.6 Å². The number of rotatable bonds is 9. The Balaban J connectivity index is 1.73. The van der Waals surface area contributed by atoms with Crippen LogP contribution in [0, 0.1) is 5.82 Å². The van der Waals surface area contributed by atoms with Crippen molar-refractivity contribution in [3.63, 3.8) is 0 Å². The number of imide groups is 1. The molecule has 4 rings (SSSR count). The van der Waals surface area contributed by atoms with Gasteiger partial charge in [0, 0.05) is 36.3 Å². The lowest BCUT2D eigenvalue weighted by molar-refractivity contribution is -0.147. The number of hydrogen-bond acceptors (Lipinski definition) is 8. The molecule has 2 saturated heterocycles. The number of nitrogens with zero attached hydrogens (tertiary/aromatic N) is 2. The number of amides is 2. The van der Waals surface area contributed by atoms with Gasteiger partial charge in [0.15, 0.2) is 6.29 Å². The molecule has 2 fully saturated rings. The maximum absolute atomic E-state index is 15.4. The Kier molecular flexibility index (Phi) is 9.45. The van der Waals surface area contributed by atoms with Crippen molar-refractivity contribution in [2.75, 3.05) is 25.5 Å². The number of anilines is 1. The van der Waals surface area contributed by atoms with Crippen LogP contribution in [0.4, 0.5) is 10.1 Å². The number of carbonyl (C=O) groups is 3. The Bertz CT molecular complexity index is 1450. The maximum Gasteiger partial charge on any atom is 0.237 e. The molecule has 3 N–H and O–H groups in total. The molecule has 2 aromatic rings. The molecule has 12 radical (unpaired) electrons. The molecule has 0 aliphatic carbocycles. The van der Waals surface area contributed by atoms with Gasteiger partial charge < -0.3 is 20.1 Å². The van der Waals surface area contributed by atoms with Crippen molar-refractivity contribution in [2.24, 2.45) is 0 Å². The van der Waals surface area contributed by atoms with Gasteiger partial charge in [-0.25, -0.2) is 4.39 Å². The number of piperidine rings is 1. The molecule has 0 spiro atoms. The number of morpholine rings is 1. The number of hydrogen-bond donors (Lipinski definition) is 3. The summed E-state index contributed by atoms with van der Waals surface area (Å²) in [6.07, 6.45) is -0.203. The average molecular weight is 585 g/mol. The molecule has 2 amide bonds. The number of halogens is 1. The molecule has 4 unspecified atom stereocenters. The first-order valence-electron chi connectivity index (χ1n) is 14.0. The fourth-order valence-electron chi connectivity index (χ4n) is 5.73. The minimum Gasteiger partial charge on any atom is -0.392 e. The fraction of sp³-hybridized carbons (Fsp3) is 0.464. The van der Waals surface area contributed by atoms with Gasteiger partial charge >= 0.3 is 0 Å². The van der Waals surface area contributed by atoms with Crippen LogP contribution >= 0.6 is 0 Å². The third kappa shape index (κ3) is 6.32. The van der Waals surface area contributed by atoms with Crippen molar-refractivity contribution >= 4 is 70.9 Å². The summed E-state index contributed by atoms with van der Waals surface area (Å²) in [6, 6.07) is 8.07. The van der Waals surface area contributed by atoms with E-state index >= 15 is 4.39 Å². The predicted molar refractivity (Wildman–Crippen MR) is 168 cm³/mol. The number of carbonyl (C=O) groups excluding carboxylic acids is 3. The van der Waals surface area contributed by atoms with E-state index in [0.29, 0.717) is 24.9 Å². The van der Waals surface area contributed by atoms with Crippen LogP contribution < -0.4 is 10.6 Å². The second kappa shape index (κ2) is 12.2. The van der Waals surface area contributed by atoms with Gasteiger partial charge in [-0.05, 0) is 61.3 Å². The fourth-order valence-corrected chi connectivity index (χ4v) is 5.73. The van der Waals surface area contributed by atoms with Gasteiger partial charge in [0.05, 0.1) is 54.7 Å². The summed E-state index contributed by atoms with van der Waals surface area (Å²) in [6.45, 7) is 4.60. The summed E-state index contributed by atoms with van der Waals surface area (Å²) in [5.41, 5.74) is -4.99. The lowest BCUT2D eigenvalue weighted by atomic mass is 9.54. The Labute approximate surface area is 264 Å². The number of aliphatic hydroxyl groups is 1. The van der Waals surface area contributed by atoms with Crippen LogP contribution in [0.3, 0.4) is 0 Å². The lowest BCUT2D eigenvalue weighted by Crippen LogP contribution is -2.67. The standard InChI is InChI=1S/C28H29B6FN4O5/c1-15-12-39(13-16(2)44-15)27(32,33)18-7-8-20(35)19(11-18)26(30,31)37-21-6-4-5-17(14-40)23(21)28(34,43)38(3)25(29)10-9-22(41)36-24(25)42/h4-8,11,14-16,37,43H,9-10,12-13H2,1-3H3,(H,36,41,42). The molecular weight excluding hydrogens is 556 g/mol. The van der Waals surface area contributed by atoms with Crippen molar-refractivity contribution in [1.29, 1.82) is 0 Å². The van der Waals surface area contributed by atoms with Crippen LogP contribution in [-0.2, 0) is 30.6 Å². The number of nitrogens with one attached hydrogen (secondary N) is 2. The van der Waals surface area contributed by atoms with Crippen molar-refractivity contribution in [2.45, 2.75) is 60.6 Å².